The first kappa shape index (κ1) is 76.8. The van der Waals surface area contributed by atoms with Crippen LogP contribution >= 0.6 is 0 Å². The van der Waals surface area contributed by atoms with Crippen LogP contribution in [0.3, 0.4) is 0 Å². The van der Waals surface area contributed by atoms with Gasteiger partial charge in [-0.05, 0) is 103 Å². The van der Waals surface area contributed by atoms with Gasteiger partial charge in [-0.2, -0.15) is 0 Å². The van der Waals surface area contributed by atoms with Gasteiger partial charge in [0, 0.05) is 93.9 Å². The first-order valence-corrected chi connectivity index (χ1v) is 36.7. The lowest BCUT2D eigenvalue weighted by molar-refractivity contribution is 0.412. The molecule has 0 saturated heterocycles. The van der Waals surface area contributed by atoms with E-state index in [0.29, 0.717) is 85.8 Å². The maximum absolute atomic E-state index is 17.9. The quantitative estimate of drug-likeness (QED) is 0.0155. The van der Waals surface area contributed by atoms with Crippen LogP contribution < -0.4 is 80.5 Å². The third-order valence-corrected chi connectivity index (χ3v) is 19.8. The lowest BCUT2D eigenvalue weighted by Crippen LogP contribution is -2.11. The Morgan fingerprint density at radius 3 is 0.908 bits per heavy atom. The minimum Gasteiger partial charge on any atom is -0.497 e. The van der Waals surface area contributed by atoms with Crippen LogP contribution in [0.5, 0.6) is 46.0 Å². The third kappa shape index (κ3) is 14.1. The summed E-state index contributed by atoms with van der Waals surface area (Å²) in [4.78, 5) is 33.1. The molecule has 0 unspecified atom stereocenters. The molecule has 24 nitrogen and oxygen atoms in total. The zero-order valence-corrected chi connectivity index (χ0v) is 64.5. The number of H-pyrrole nitrogens is 1. The number of aromatic nitrogens is 8. The minimum atomic E-state index is -2.36. The number of nitrogens with zero attached hydrogens (tertiary/aromatic N) is 7. The summed E-state index contributed by atoms with van der Waals surface area (Å²) in [7, 11) is 11.9. The van der Waals surface area contributed by atoms with E-state index in [2.05, 4.69) is 57.6 Å². The Kier molecular flexibility index (Phi) is 20.4. The second-order valence-corrected chi connectivity index (χ2v) is 27.0. The van der Waals surface area contributed by atoms with Crippen molar-refractivity contribution < 1.29 is 73.0 Å². The Balaban J connectivity index is 1.18. The Labute approximate surface area is 676 Å². The van der Waals surface area contributed by atoms with Gasteiger partial charge in [0.25, 0.3) is 0 Å². The topological polar surface area (TPSA) is 268 Å². The number of hydrogen-bond donors (Lipinski definition) is 9. The zero-order chi connectivity index (χ0) is 83.3. The molecule has 15 aromatic rings. The van der Waals surface area contributed by atoms with Crippen molar-refractivity contribution in [2.45, 2.75) is 0 Å². The van der Waals surface area contributed by atoms with Crippen LogP contribution in [0.15, 0.2) is 200 Å². The molecule has 2 aliphatic heterocycles. The van der Waals surface area contributed by atoms with Crippen LogP contribution in [0.1, 0.15) is 0 Å². The highest BCUT2D eigenvalue weighted by Crippen LogP contribution is 2.56. The summed E-state index contributed by atoms with van der Waals surface area (Å²) >= 11 is 0. The van der Waals surface area contributed by atoms with Gasteiger partial charge in [0.05, 0.1) is 141 Å². The molecule has 0 amide bonds. The Morgan fingerprint density at radius 2 is 0.542 bits per heavy atom. The fourth-order valence-electron chi connectivity index (χ4n) is 14.2. The lowest BCUT2D eigenvalue weighted by atomic mass is 10.0. The average Bonchev–Trinajstić information content (AvgIpc) is 1.54. The molecule has 12 aromatic carbocycles. The molecule has 120 heavy (non-hydrogen) atoms. The van der Waals surface area contributed by atoms with Crippen molar-refractivity contribution in [2.24, 2.45) is 0 Å². The van der Waals surface area contributed by atoms with E-state index < -0.39 is 103 Å². The Hall–Kier alpha value is -15.8. The molecule has 2 aliphatic rings. The van der Waals surface area contributed by atoms with E-state index in [-0.39, 0.29) is 78.9 Å². The molecule has 32 heteroatoms. The molecule has 17 rings (SSSR count). The molecule has 602 valence electrons. The highest BCUT2D eigenvalue weighted by Gasteiger charge is 2.38. The summed E-state index contributed by atoms with van der Waals surface area (Å²) in [5, 5.41) is 23.3. The van der Waals surface area contributed by atoms with Crippen LogP contribution in [0.25, 0.3) is 89.7 Å². The largest absolute Gasteiger partial charge is 0.497 e. The Bertz CT molecular complexity index is 6860. The number of benzene rings is 12. The van der Waals surface area contributed by atoms with Crippen molar-refractivity contribution in [3.63, 3.8) is 0 Å². The van der Waals surface area contributed by atoms with E-state index in [4.69, 9.17) is 57.8 Å². The van der Waals surface area contributed by atoms with Gasteiger partial charge in [0.1, 0.15) is 57.3 Å². The monoisotopic (exact) mass is 1630 g/mol. The van der Waals surface area contributed by atoms with Crippen molar-refractivity contribution in [1.82, 2.24) is 39.6 Å². The summed E-state index contributed by atoms with van der Waals surface area (Å²) in [5.41, 5.74) is 2.86. The molecule has 9 N–H and O–H groups in total. The second-order valence-electron chi connectivity index (χ2n) is 27.0. The summed E-state index contributed by atoms with van der Waals surface area (Å²) in [6.45, 7) is 0. The average molecular weight is 1630 g/mol. The van der Waals surface area contributed by atoms with Gasteiger partial charge in [-0.15, -0.1) is 0 Å². The fraction of sp³-hybridized carbons (Fsp3) is 0.0909. The van der Waals surface area contributed by atoms with Crippen molar-refractivity contribution in [3.05, 3.63) is 247 Å². The second kappa shape index (κ2) is 31.8. The van der Waals surface area contributed by atoms with Crippen LogP contribution in [0.2, 0.25) is 0 Å². The fourth-order valence-corrected chi connectivity index (χ4v) is 14.2. The smallest absolute Gasteiger partial charge is 0.198 e. The number of hydrogen-bond acceptors (Lipinski definition) is 22. The highest BCUT2D eigenvalue weighted by molar-refractivity contribution is 6.27. The normalized spacial score (nSPS) is 11.3. The number of rotatable bonds is 24. The van der Waals surface area contributed by atoms with Crippen molar-refractivity contribution in [1.29, 1.82) is 0 Å². The number of methoxy groups -OCH3 is 8. The standard InChI is InChI=1S/C88H66F8N16O8/c1-113-50-25-9-17-42(33-50)97-59-41-58-60(76(99-44-19-11-27-52(35-44)115-3)75(59)98-43-18-10-26-51(34-43)114-2)82-104-81(58)105-83-61-62(68(90)72(94)71(93)67(61)89)84(106-83)107-85-63-64(70(92)74(96)73(95)69(63)91)86(108-85)110-88-66-65(87(109-82)112(88)111-49-24-16-32-57(40-49)120-8)77(100-45-20-12-28-53(36-45)116-4)79(102-47-22-14-30-55(38-47)118-6)80(103-48-23-15-31-56(39-48)119-7)78(66)101-46-21-13-29-54(37-46)117-5/h9-41,97-103,111H,1-8H3,(H,104,105,106,107,108,109,110). The molecule has 0 radical (unpaired) electrons. The van der Waals surface area contributed by atoms with Crippen LogP contribution in [0.4, 0.5) is 120 Å². The van der Waals surface area contributed by atoms with Crippen LogP contribution in [-0.2, 0) is 0 Å². The molecule has 5 heterocycles. The van der Waals surface area contributed by atoms with Crippen molar-refractivity contribution in [3.8, 4) is 91.5 Å². The maximum Gasteiger partial charge on any atom is 0.198 e. The van der Waals surface area contributed by atoms with Gasteiger partial charge in [0.15, 0.2) is 81.1 Å². The summed E-state index contributed by atoms with van der Waals surface area (Å²) < 4.78 is 184. The number of aromatic amines is 1. The zero-order valence-electron chi connectivity index (χ0n) is 64.5. The Morgan fingerprint density at radius 1 is 0.258 bits per heavy atom. The van der Waals surface area contributed by atoms with E-state index in [1.54, 1.807) is 200 Å². The number of ether oxygens (including phenoxy) is 8. The first-order valence-electron chi connectivity index (χ1n) is 36.7. The maximum atomic E-state index is 17.9. The van der Waals surface area contributed by atoms with E-state index in [0.717, 1.165) is 0 Å². The molecular formula is C88H66F8N16O8. The molecule has 0 atom stereocenters. The van der Waals surface area contributed by atoms with Crippen molar-refractivity contribution in [2.75, 3.05) is 99.5 Å². The van der Waals surface area contributed by atoms with Gasteiger partial charge < -0.3 is 80.1 Å². The molecular weight excluding hydrogens is 1560 g/mol. The number of fused-ring (bicyclic) bond motifs is 20. The highest BCUT2D eigenvalue weighted by atomic mass is 19.2. The van der Waals surface area contributed by atoms with Gasteiger partial charge in [-0.25, -0.2) is 69.7 Å². The minimum absolute atomic E-state index is 0.0190. The molecule has 0 saturated carbocycles. The summed E-state index contributed by atoms with van der Waals surface area (Å²) in [6.07, 6.45) is 0. The molecule has 0 spiro atoms. The van der Waals surface area contributed by atoms with Gasteiger partial charge in [0.2, 0.25) is 0 Å². The summed E-state index contributed by atoms with van der Waals surface area (Å²) in [5.74, 6) is -17.2. The predicted molar refractivity (Wildman–Crippen MR) is 445 cm³/mol. The van der Waals surface area contributed by atoms with Gasteiger partial charge >= 0.3 is 0 Å². The van der Waals surface area contributed by atoms with E-state index >= 15 is 35.1 Å². The van der Waals surface area contributed by atoms with E-state index in [1.807, 2.05) is 0 Å². The molecule has 0 fully saturated rings. The summed E-state index contributed by atoms with van der Waals surface area (Å²) in [6, 6.07) is 56.9. The van der Waals surface area contributed by atoms with Crippen LogP contribution in [0, 0.1) is 46.5 Å². The molecule has 8 bridgehead atoms. The van der Waals surface area contributed by atoms with Crippen LogP contribution in [-0.4, -0.2) is 96.4 Å². The third-order valence-electron chi connectivity index (χ3n) is 19.8. The lowest BCUT2D eigenvalue weighted by Gasteiger charge is -2.25. The number of anilines is 15. The van der Waals surface area contributed by atoms with Gasteiger partial charge in [-0.3, -0.25) is 5.43 Å². The van der Waals surface area contributed by atoms with Gasteiger partial charge in [-0.1, -0.05) is 48.5 Å². The first-order chi connectivity index (χ1) is 58.3. The van der Waals surface area contributed by atoms with Crippen molar-refractivity contribution >= 4 is 129 Å². The predicted octanol–water partition coefficient (Wildman–Crippen LogP) is 21.6. The number of halogens is 8. The molecule has 3 aromatic heterocycles. The molecule has 0 aliphatic carbocycles. The SMILES string of the molecule is COc1cccc(Nc2cc3c(c(Nc4cccc(OC)c4)c2Nc2cccc(OC)c2)-c2nc-3nc3[nH]c(nc4nc(nc5c6c(Nc7cccc(OC)c7)c(Nc7cccc(OC)c7)c(Nc7cccc(OC)c7)c(Nc7cccc(OC)c7)c6c(n2)n5Nc2cccc(OC)c2)-c2c(F)c(F)c(F)c(F)c2-4)c2c(F)c(F)c(F)c(F)c32)c1. The van der Waals surface area contributed by atoms with E-state index in [1.165, 1.54) is 61.6 Å². The number of nitrogens with one attached hydrogen (secondary N) is 9. The van der Waals surface area contributed by atoms with E-state index in [9.17, 15) is 0 Å².